The molecular formula is C35H36ClF2NO6S. The van der Waals surface area contributed by atoms with E-state index < -0.39 is 76.8 Å². The summed E-state index contributed by atoms with van der Waals surface area (Å²) in [6, 6.07) is 13.1. The lowest BCUT2D eigenvalue weighted by atomic mass is 9.44. The number of nitrogens with two attached hydrogens (primary N) is 1. The van der Waals surface area contributed by atoms with Gasteiger partial charge in [-0.1, -0.05) is 48.9 Å². The fourth-order valence-corrected chi connectivity index (χ4v) is 10.4. The van der Waals surface area contributed by atoms with Crippen molar-refractivity contribution in [2.24, 2.45) is 22.7 Å². The normalized spacial score (nSPS) is 40.9. The molecule has 4 aliphatic carbocycles. The van der Waals surface area contributed by atoms with Crippen molar-refractivity contribution in [3.8, 4) is 0 Å². The van der Waals surface area contributed by atoms with Crippen LogP contribution in [0, 0.1) is 22.7 Å². The average molecular weight is 672 g/mol. The van der Waals surface area contributed by atoms with Gasteiger partial charge in [-0.2, -0.15) is 0 Å². The Labute approximate surface area is 275 Å². The number of benzene rings is 2. The molecule has 4 fully saturated rings. The van der Waals surface area contributed by atoms with Crippen LogP contribution in [0.3, 0.4) is 0 Å². The lowest BCUT2D eigenvalue weighted by Crippen LogP contribution is -2.70. The molecule has 1 saturated heterocycles. The van der Waals surface area contributed by atoms with Gasteiger partial charge in [0.15, 0.2) is 29.1 Å². The van der Waals surface area contributed by atoms with E-state index in [4.69, 9.17) is 26.8 Å². The monoisotopic (exact) mass is 671 g/mol. The number of hydrogen-bond acceptors (Lipinski definition) is 8. The lowest BCUT2D eigenvalue weighted by Gasteiger charge is -2.63. The van der Waals surface area contributed by atoms with Crippen LogP contribution in [0.4, 0.5) is 14.5 Å². The van der Waals surface area contributed by atoms with Crippen LogP contribution in [0.5, 0.6) is 0 Å². The summed E-state index contributed by atoms with van der Waals surface area (Å²) in [7, 11) is 0. The van der Waals surface area contributed by atoms with Crippen molar-refractivity contribution in [1.82, 2.24) is 0 Å². The highest BCUT2D eigenvalue weighted by molar-refractivity contribution is 7.98. The number of halogens is 3. The largest absolute Gasteiger partial charge is 0.398 e. The van der Waals surface area contributed by atoms with Crippen LogP contribution >= 0.6 is 23.4 Å². The van der Waals surface area contributed by atoms with E-state index in [-0.39, 0.29) is 24.8 Å². The Hall–Kier alpha value is -2.60. The fourth-order valence-electron chi connectivity index (χ4n) is 9.25. The Balaban J connectivity index is 1.16. The first-order valence-corrected chi connectivity index (χ1v) is 16.8. The zero-order valence-electron chi connectivity index (χ0n) is 25.4. The minimum absolute atomic E-state index is 0.0346. The maximum Gasteiger partial charge on any atom is 0.193 e. The van der Waals surface area contributed by atoms with E-state index in [9.17, 15) is 19.8 Å². The summed E-state index contributed by atoms with van der Waals surface area (Å²) in [6.07, 6.45) is -1.46. The van der Waals surface area contributed by atoms with Crippen molar-refractivity contribution in [1.29, 1.82) is 0 Å². The zero-order chi connectivity index (χ0) is 32.8. The van der Waals surface area contributed by atoms with E-state index in [2.05, 4.69) is 0 Å². The van der Waals surface area contributed by atoms with E-state index in [1.54, 1.807) is 24.8 Å². The molecule has 0 spiro atoms. The second-order valence-electron chi connectivity index (χ2n) is 13.7. The van der Waals surface area contributed by atoms with Gasteiger partial charge in [-0.3, -0.25) is 9.59 Å². The summed E-state index contributed by atoms with van der Waals surface area (Å²) in [6.45, 7) is 2.47. The molecule has 11 heteroatoms. The second-order valence-corrected chi connectivity index (χ2v) is 15.2. The number of thioether (sulfide) groups is 1. The molecule has 1 unspecified atom stereocenters. The maximum absolute atomic E-state index is 17.6. The van der Waals surface area contributed by atoms with Gasteiger partial charge in [-0.15, -0.1) is 11.8 Å². The number of alkyl halides is 2. The molecule has 5 aliphatic rings. The topological polar surface area (TPSA) is 119 Å². The highest BCUT2D eigenvalue weighted by atomic mass is 35.5. The standard InChI is InChI=1S/C35H36ClF2NO6S/c1-32-10-9-20(41)11-24(32)26(37)13-23-22-14-30-35(29(43)16-40,33(22,2)15-28(42)34(23,32)38)45-31(44-30)19-5-3-18(4-6-19)17-46-21-7-8-27(39)25(36)12-21/h3-12,22-23,26,28,30-31,40,42H,13-17,39H2,1-2H3/t22?,23-,26-,28-,30+,31+,32-,33-,34-,35+/m0/s1. The molecule has 7 nitrogen and oxygen atoms in total. The van der Waals surface area contributed by atoms with Crippen LogP contribution in [0.2, 0.25) is 5.02 Å². The van der Waals surface area contributed by atoms with E-state index in [0.29, 0.717) is 22.0 Å². The molecule has 2 aromatic carbocycles. The van der Waals surface area contributed by atoms with Crippen molar-refractivity contribution in [3.05, 3.63) is 82.4 Å². The number of carbonyl (C=O) groups is 2. The molecule has 46 heavy (non-hydrogen) atoms. The number of anilines is 1. The quantitative estimate of drug-likeness (QED) is 0.258. The number of aliphatic hydroxyl groups excluding tert-OH is 2. The molecule has 0 bridgehead atoms. The third-order valence-corrected chi connectivity index (χ3v) is 12.9. The van der Waals surface area contributed by atoms with Gasteiger partial charge in [0.05, 0.1) is 22.9 Å². The number of allylic oxidation sites excluding steroid dienone is 4. The van der Waals surface area contributed by atoms with Crippen LogP contribution in [0.25, 0.3) is 0 Å². The van der Waals surface area contributed by atoms with Crippen molar-refractivity contribution in [3.63, 3.8) is 0 Å². The van der Waals surface area contributed by atoms with Gasteiger partial charge < -0.3 is 25.4 Å². The number of nitrogen functional groups attached to an aromatic ring is 1. The van der Waals surface area contributed by atoms with Crippen molar-refractivity contribution >= 4 is 40.6 Å². The van der Waals surface area contributed by atoms with Gasteiger partial charge in [0.1, 0.15) is 12.8 Å². The van der Waals surface area contributed by atoms with Crippen LogP contribution in [0.1, 0.15) is 50.5 Å². The first-order valence-electron chi connectivity index (χ1n) is 15.5. The first kappa shape index (κ1) is 32.0. The van der Waals surface area contributed by atoms with Crippen LogP contribution < -0.4 is 5.73 Å². The molecule has 0 radical (unpaired) electrons. The predicted octanol–water partition coefficient (Wildman–Crippen LogP) is 5.86. The lowest BCUT2D eigenvalue weighted by molar-refractivity contribution is -0.235. The van der Waals surface area contributed by atoms with Gasteiger partial charge in [-0.05, 0) is 73.6 Å². The Morgan fingerprint density at radius 2 is 1.89 bits per heavy atom. The zero-order valence-corrected chi connectivity index (χ0v) is 27.0. The molecule has 0 aromatic heterocycles. The molecule has 10 atom stereocenters. The third-order valence-electron chi connectivity index (χ3n) is 11.6. The number of fused-ring (bicyclic) bond motifs is 7. The Kier molecular flexibility index (Phi) is 7.62. The predicted molar refractivity (Wildman–Crippen MR) is 169 cm³/mol. The summed E-state index contributed by atoms with van der Waals surface area (Å²) < 4.78 is 46.3. The number of carbonyl (C=O) groups excluding carboxylic acids is 2. The summed E-state index contributed by atoms with van der Waals surface area (Å²) in [5.41, 5.74) is 1.37. The van der Waals surface area contributed by atoms with Crippen LogP contribution in [-0.4, -0.2) is 58.0 Å². The number of ether oxygens (including phenoxy) is 2. The smallest absolute Gasteiger partial charge is 0.193 e. The van der Waals surface area contributed by atoms with E-state index in [0.717, 1.165) is 16.5 Å². The average Bonchev–Trinajstić information content (AvgIpc) is 3.53. The summed E-state index contributed by atoms with van der Waals surface area (Å²) in [4.78, 5) is 26.8. The second kappa shape index (κ2) is 11.0. The minimum Gasteiger partial charge on any atom is -0.398 e. The van der Waals surface area contributed by atoms with Crippen molar-refractivity contribution in [2.75, 3.05) is 12.3 Å². The maximum atomic E-state index is 17.6. The third kappa shape index (κ3) is 4.30. The molecule has 3 saturated carbocycles. The van der Waals surface area contributed by atoms with Crippen molar-refractivity contribution in [2.45, 2.75) is 79.7 Å². The molecule has 0 amide bonds. The molecule has 2 aromatic rings. The van der Waals surface area contributed by atoms with E-state index in [1.807, 2.05) is 36.4 Å². The van der Waals surface area contributed by atoms with Crippen LogP contribution in [-0.2, 0) is 24.8 Å². The molecule has 4 N–H and O–H groups in total. The highest BCUT2D eigenvalue weighted by Crippen LogP contribution is 2.72. The number of Topliss-reactive ketones (excluding diaryl/α,β-unsaturated/α-hetero) is 1. The SMILES string of the molecule is C[C@]12C=CC(=O)C=C1[C@@H](F)C[C@H]1C3C[C@H]4O[C@@H](c5ccc(CSc6ccc(N)c(Cl)c6)cc5)O[C@@]4(C(=O)CO)[C@@]3(C)C[C@H](O)[C@@]12F. The number of aliphatic hydroxyl groups is 2. The molecule has 7 rings (SSSR count). The van der Waals surface area contributed by atoms with Gasteiger partial charge in [-0.25, -0.2) is 8.78 Å². The van der Waals surface area contributed by atoms with Crippen LogP contribution in [0.15, 0.2) is 71.2 Å². The highest BCUT2D eigenvalue weighted by Gasteiger charge is 2.80. The van der Waals surface area contributed by atoms with Gasteiger partial charge in [0.25, 0.3) is 0 Å². The van der Waals surface area contributed by atoms with Crippen molar-refractivity contribution < 1.29 is 38.1 Å². The molecule has 1 heterocycles. The number of hydrogen-bond donors (Lipinski definition) is 3. The van der Waals surface area contributed by atoms with Gasteiger partial charge in [0.2, 0.25) is 0 Å². The number of ketones is 2. The first-order chi connectivity index (χ1) is 21.8. The van der Waals surface area contributed by atoms with Gasteiger partial charge >= 0.3 is 0 Å². The summed E-state index contributed by atoms with van der Waals surface area (Å²) in [5, 5.41) is 22.3. The molecule has 244 valence electrons. The molecular weight excluding hydrogens is 636 g/mol. The number of rotatable bonds is 6. The Morgan fingerprint density at radius 3 is 2.59 bits per heavy atom. The van der Waals surface area contributed by atoms with E-state index >= 15 is 8.78 Å². The minimum atomic E-state index is -2.30. The fraction of sp³-hybridized carbons (Fsp3) is 0.486. The summed E-state index contributed by atoms with van der Waals surface area (Å²) in [5.74, 6) is -1.96. The van der Waals surface area contributed by atoms with E-state index in [1.165, 1.54) is 19.1 Å². The van der Waals surface area contributed by atoms with Gasteiger partial charge in [0, 0.05) is 33.0 Å². The Bertz CT molecular complexity index is 1670. The summed E-state index contributed by atoms with van der Waals surface area (Å²) >= 11 is 7.75. The Morgan fingerprint density at radius 1 is 1.15 bits per heavy atom. The molecule has 1 aliphatic heterocycles.